The van der Waals surface area contributed by atoms with E-state index in [9.17, 15) is 12.8 Å². The van der Waals surface area contributed by atoms with Crippen LogP contribution in [0.15, 0.2) is 77.7 Å². The molecule has 1 aromatic heterocycles. The van der Waals surface area contributed by atoms with Gasteiger partial charge in [0, 0.05) is 5.39 Å². The van der Waals surface area contributed by atoms with Crippen LogP contribution in [0.25, 0.3) is 22.0 Å². The zero-order valence-electron chi connectivity index (χ0n) is 16.0. The fourth-order valence-electron chi connectivity index (χ4n) is 3.17. The van der Waals surface area contributed by atoms with Crippen LogP contribution in [0.2, 0.25) is 0 Å². The van der Waals surface area contributed by atoms with Crippen LogP contribution < -0.4 is 4.72 Å². The van der Waals surface area contributed by atoms with Crippen LogP contribution in [-0.4, -0.2) is 13.4 Å². The van der Waals surface area contributed by atoms with Crippen molar-refractivity contribution in [3.8, 4) is 11.1 Å². The molecule has 0 fully saturated rings. The molecule has 0 aliphatic heterocycles. The van der Waals surface area contributed by atoms with Gasteiger partial charge in [-0.1, -0.05) is 41.5 Å². The molecule has 3 aromatic carbocycles. The first kappa shape index (κ1) is 19.1. The molecule has 1 N–H and O–H groups in total. The second-order valence-electron chi connectivity index (χ2n) is 7.00. The molecule has 0 saturated heterocycles. The largest absolute Gasteiger partial charge is 0.263 e. The molecule has 0 radical (unpaired) electrons. The van der Waals surface area contributed by atoms with Crippen molar-refractivity contribution in [1.29, 1.82) is 0 Å². The van der Waals surface area contributed by atoms with E-state index in [4.69, 9.17) is 0 Å². The number of rotatable bonds is 4. The fraction of sp³-hybridized carbons (Fsp3) is 0.0870. The first-order valence-corrected chi connectivity index (χ1v) is 10.6. The van der Waals surface area contributed by atoms with Gasteiger partial charge in [0.15, 0.2) is 0 Å². The van der Waals surface area contributed by atoms with Crippen molar-refractivity contribution >= 4 is 26.7 Å². The molecule has 4 aromatic rings. The number of hydrogen-bond acceptors (Lipinski definition) is 3. The number of nitrogens with one attached hydrogen (secondary N) is 1. The van der Waals surface area contributed by atoms with Gasteiger partial charge in [-0.15, -0.1) is 0 Å². The number of hydrogen-bond donors (Lipinski definition) is 1. The van der Waals surface area contributed by atoms with Gasteiger partial charge in [-0.2, -0.15) is 0 Å². The van der Waals surface area contributed by atoms with Crippen LogP contribution in [0, 0.1) is 19.7 Å². The summed E-state index contributed by atoms with van der Waals surface area (Å²) >= 11 is 0. The van der Waals surface area contributed by atoms with Crippen LogP contribution in [0.1, 0.15) is 11.1 Å². The SMILES string of the molecule is Cc1ccc(S(=O)(=O)Nc2cc(-c3ccc(F)cc3)c3cc(C)ccc3n2)cc1. The van der Waals surface area contributed by atoms with Gasteiger partial charge >= 0.3 is 0 Å². The highest BCUT2D eigenvalue weighted by molar-refractivity contribution is 7.92. The Kier molecular flexibility index (Phi) is 4.80. The zero-order chi connectivity index (χ0) is 20.6. The molecule has 0 unspecified atom stereocenters. The number of fused-ring (bicyclic) bond motifs is 1. The van der Waals surface area contributed by atoms with Crippen molar-refractivity contribution in [1.82, 2.24) is 4.98 Å². The molecule has 6 heteroatoms. The van der Waals surface area contributed by atoms with Crippen molar-refractivity contribution in [2.45, 2.75) is 18.7 Å². The third kappa shape index (κ3) is 3.98. The summed E-state index contributed by atoms with van der Waals surface area (Å²) in [4.78, 5) is 4.65. The van der Waals surface area contributed by atoms with Crippen molar-refractivity contribution in [2.24, 2.45) is 0 Å². The minimum Gasteiger partial charge on any atom is -0.263 e. The van der Waals surface area contributed by atoms with Gasteiger partial charge in [-0.25, -0.2) is 17.8 Å². The molecule has 0 saturated carbocycles. The maximum Gasteiger partial charge on any atom is 0.263 e. The van der Waals surface area contributed by atoms with Gasteiger partial charge in [-0.05, 0) is 67.4 Å². The minimum absolute atomic E-state index is 0.164. The lowest BCUT2D eigenvalue weighted by atomic mass is 10.00. The number of benzene rings is 3. The average Bonchev–Trinajstić information content (AvgIpc) is 2.68. The number of sulfonamides is 1. The number of nitrogens with zero attached hydrogens (tertiary/aromatic N) is 1. The van der Waals surface area contributed by atoms with E-state index in [0.29, 0.717) is 5.52 Å². The van der Waals surface area contributed by atoms with Crippen molar-refractivity contribution in [3.05, 3.63) is 89.7 Å². The summed E-state index contributed by atoms with van der Waals surface area (Å²) in [6, 6.07) is 20.1. The lowest BCUT2D eigenvalue weighted by molar-refractivity contribution is 0.601. The first-order chi connectivity index (χ1) is 13.8. The number of anilines is 1. The number of aromatic nitrogens is 1. The maximum atomic E-state index is 13.4. The van der Waals surface area contributed by atoms with E-state index < -0.39 is 10.0 Å². The predicted octanol–water partition coefficient (Wildman–Crippen LogP) is 5.46. The number of pyridine rings is 1. The molecule has 29 heavy (non-hydrogen) atoms. The maximum absolute atomic E-state index is 13.4. The summed E-state index contributed by atoms with van der Waals surface area (Å²) in [6.45, 7) is 3.87. The zero-order valence-corrected chi connectivity index (χ0v) is 16.8. The lowest BCUT2D eigenvalue weighted by Crippen LogP contribution is -2.14. The minimum atomic E-state index is -3.79. The summed E-state index contributed by atoms with van der Waals surface area (Å²) in [5.41, 5.74) is 4.23. The van der Waals surface area contributed by atoms with Crippen LogP contribution in [0.4, 0.5) is 10.2 Å². The van der Waals surface area contributed by atoms with Crippen LogP contribution in [0.5, 0.6) is 0 Å². The van der Waals surface area contributed by atoms with Gasteiger partial charge < -0.3 is 0 Å². The molecule has 146 valence electrons. The van der Waals surface area contributed by atoms with Crippen molar-refractivity contribution in [3.63, 3.8) is 0 Å². The second-order valence-corrected chi connectivity index (χ2v) is 8.68. The molecule has 0 atom stereocenters. The monoisotopic (exact) mass is 406 g/mol. The Labute approximate surface area is 169 Å². The Bertz CT molecular complexity index is 1300. The standard InChI is InChI=1S/C23H19FN2O2S/c1-15-3-10-19(11-4-15)29(27,28)26-23-14-20(17-6-8-18(24)9-7-17)21-13-16(2)5-12-22(21)25-23/h3-14H,1-2H3,(H,25,26). The lowest BCUT2D eigenvalue weighted by Gasteiger charge is -2.13. The highest BCUT2D eigenvalue weighted by Crippen LogP contribution is 2.31. The first-order valence-electron chi connectivity index (χ1n) is 9.09. The van der Waals surface area contributed by atoms with E-state index in [2.05, 4.69) is 9.71 Å². The summed E-state index contributed by atoms with van der Waals surface area (Å²) in [5.74, 6) is -0.121. The summed E-state index contributed by atoms with van der Waals surface area (Å²) in [6.07, 6.45) is 0. The highest BCUT2D eigenvalue weighted by atomic mass is 32.2. The average molecular weight is 406 g/mol. The molecule has 0 aliphatic rings. The van der Waals surface area contributed by atoms with E-state index in [-0.39, 0.29) is 16.5 Å². The topological polar surface area (TPSA) is 59.1 Å². The Morgan fingerprint density at radius 1 is 0.828 bits per heavy atom. The molecule has 4 rings (SSSR count). The van der Waals surface area contributed by atoms with Crippen molar-refractivity contribution < 1.29 is 12.8 Å². The number of halogens is 1. The molecular weight excluding hydrogens is 387 g/mol. The second kappa shape index (κ2) is 7.29. The van der Waals surface area contributed by atoms with Gasteiger partial charge in [0.05, 0.1) is 10.4 Å². The van der Waals surface area contributed by atoms with E-state index in [1.54, 1.807) is 42.5 Å². The van der Waals surface area contributed by atoms with Gasteiger partial charge in [-0.3, -0.25) is 4.72 Å². The molecule has 4 nitrogen and oxygen atoms in total. The smallest absolute Gasteiger partial charge is 0.263 e. The molecule has 1 heterocycles. The van der Waals surface area contributed by atoms with Gasteiger partial charge in [0.1, 0.15) is 11.6 Å². The third-order valence-electron chi connectivity index (χ3n) is 4.69. The Morgan fingerprint density at radius 3 is 2.17 bits per heavy atom. The molecule has 0 aliphatic carbocycles. The Morgan fingerprint density at radius 2 is 1.48 bits per heavy atom. The van der Waals surface area contributed by atoms with Crippen LogP contribution in [0.3, 0.4) is 0 Å². The predicted molar refractivity (Wildman–Crippen MR) is 114 cm³/mol. The number of aryl methyl sites for hydroxylation is 2. The molecular formula is C23H19FN2O2S. The summed E-state index contributed by atoms with van der Waals surface area (Å²) < 4.78 is 41.6. The van der Waals surface area contributed by atoms with E-state index >= 15 is 0 Å². The van der Waals surface area contributed by atoms with E-state index in [0.717, 1.165) is 27.6 Å². The molecule has 0 amide bonds. The quantitative estimate of drug-likeness (QED) is 0.490. The summed E-state index contributed by atoms with van der Waals surface area (Å²) in [7, 11) is -3.79. The van der Waals surface area contributed by atoms with Crippen LogP contribution >= 0.6 is 0 Å². The molecule has 0 spiro atoms. The van der Waals surface area contributed by atoms with Gasteiger partial charge in [0.25, 0.3) is 10.0 Å². The normalized spacial score (nSPS) is 11.6. The Balaban J connectivity index is 1.84. The van der Waals surface area contributed by atoms with Crippen LogP contribution in [-0.2, 0) is 10.0 Å². The third-order valence-corrected chi connectivity index (χ3v) is 6.06. The van der Waals surface area contributed by atoms with E-state index in [1.807, 2.05) is 32.0 Å². The van der Waals surface area contributed by atoms with Crippen molar-refractivity contribution in [2.75, 3.05) is 4.72 Å². The highest BCUT2D eigenvalue weighted by Gasteiger charge is 2.17. The van der Waals surface area contributed by atoms with Gasteiger partial charge in [0.2, 0.25) is 0 Å². The fourth-order valence-corrected chi connectivity index (χ4v) is 4.17. The summed E-state index contributed by atoms with van der Waals surface area (Å²) in [5, 5.41) is 0.870. The van der Waals surface area contributed by atoms with E-state index in [1.165, 1.54) is 12.1 Å². The Hall–Kier alpha value is -3.25. The molecule has 0 bridgehead atoms.